The van der Waals surface area contributed by atoms with Gasteiger partial charge in [0.15, 0.2) is 0 Å². The molecular weight excluding hydrogens is 290 g/mol. The third-order valence-corrected chi connectivity index (χ3v) is 3.14. The van der Waals surface area contributed by atoms with Crippen molar-refractivity contribution < 1.29 is 18.9 Å². The van der Waals surface area contributed by atoms with Crippen LogP contribution in [-0.2, 0) is 0 Å². The first-order valence-electron chi connectivity index (χ1n) is 6.30. The Balaban J connectivity index is 2.10. The molecule has 2 aromatic rings. The van der Waals surface area contributed by atoms with E-state index in [-0.39, 0.29) is 22.4 Å². The Kier molecular flexibility index (Phi) is 4.21. The Hall–Kier alpha value is -3.16. The minimum Gasteiger partial charge on any atom is -0.469 e. The molecule has 2 rings (SSSR count). The van der Waals surface area contributed by atoms with Gasteiger partial charge in [-0.1, -0.05) is 6.07 Å². The number of furan rings is 1. The van der Waals surface area contributed by atoms with Gasteiger partial charge in [0.1, 0.15) is 5.76 Å². The van der Waals surface area contributed by atoms with Crippen molar-refractivity contribution in [2.75, 3.05) is 0 Å². The number of nitrogens with zero attached hydrogens (tertiary/aromatic N) is 1. The second-order valence-corrected chi connectivity index (χ2v) is 4.51. The number of hydrogen-bond acceptors (Lipinski definition) is 5. The first-order chi connectivity index (χ1) is 10.4. The zero-order valence-corrected chi connectivity index (χ0v) is 11.9. The highest BCUT2D eigenvalue weighted by Crippen LogP contribution is 2.20. The molecule has 0 aliphatic carbocycles. The molecule has 2 N–H and O–H groups in total. The van der Waals surface area contributed by atoms with Crippen LogP contribution in [0.5, 0.6) is 0 Å². The molecule has 0 saturated heterocycles. The summed E-state index contributed by atoms with van der Waals surface area (Å²) in [6, 6.07) is 5.62. The number of nitro benzene ring substituents is 1. The Morgan fingerprint density at radius 3 is 2.27 bits per heavy atom. The van der Waals surface area contributed by atoms with Gasteiger partial charge in [0.2, 0.25) is 0 Å². The predicted octanol–water partition coefficient (Wildman–Crippen LogP) is 1.88. The summed E-state index contributed by atoms with van der Waals surface area (Å²) < 4.78 is 4.99. The van der Waals surface area contributed by atoms with Crippen LogP contribution in [0.1, 0.15) is 32.0 Å². The maximum atomic E-state index is 12.0. The number of hydrogen-bond donors (Lipinski definition) is 2. The summed E-state index contributed by atoms with van der Waals surface area (Å²) in [6.45, 7) is 3.08. The van der Waals surface area contributed by atoms with Crippen molar-refractivity contribution in [1.29, 1.82) is 0 Å². The van der Waals surface area contributed by atoms with Crippen LogP contribution in [0.3, 0.4) is 0 Å². The molecule has 8 nitrogen and oxygen atoms in total. The molecule has 0 aliphatic rings. The smallest absolute Gasteiger partial charge is 0.273 e. The second-order valence-electron chi connectivity index (χ2n) is 4.51. The normalized spacial score (nSPS) is 10.1. The number of nitro groups is 1. The van der Waals surface area contributed by atoms with Crippen molar-refractivity contribution >= 4 is 17.5 Å². The summed E-state index contributed by atoms with van der Waals surface area (Å²) in [5.74, 6) is -0.767. The molecule has 114 valence electrons. The summed E-state index contributed by atoms with van der Waals surface area (Å²) in [4.78, 5) is 34.1. The lowest BCUT2D eigenvalue weighted by atomic mass is 10.1. The number of hydrazine groups is 1. The van der Waals surface area contributed by atoms with Gasteiger partial charge in [-0.05, 0) is 26.0 Å². The lowest BCUT2D eigenvalue weighted by Gasteiger charge is -2.09. The van der Waals surface area contributed by atoms with Crippen molar-refractivity contribution in [1.82, 2.24) is 10.9 Å². The zero-order valence-electron chi connectivity index (χ0n) is 11.9. The van der Waals surface area contributed by atoms with Crippen LogP contribution in [0.4, 0.5) is 5.69 Å². The van der Waals surface area contributed by atoms with Crippen molar-refractivity contribution in [2.24, 2.45) is 0 Å². The van der Waals surface area contributed by atoms with Crippen molar-refractivity contribution in [3.05, 3.63) is 63.1 Å². The summed E-state index contributed by atoms with van der Waals surface area (Å²) in [5.41, 5.74) is 4.91. The van der Waals surface area contributed by atoms with Crippen LogP contribution in [0, 0.1) is 24.0 Å². The van der Waals surface area contributed by atoms with Gasteiger partial charge in [-0.15, -0.1) is 0 Å². The van der Waals surface area contributed by atoms with Crippen LogP contribution in [0.15, 0.2) is 34.9 Å². The Morgan fingerprint density at radius 2 is 1.73 bits per heavy atom. The highest BCUT2D eigenvalue weighted by molar-refractivity contribution is 6.00. The van der Waals surface area contributed by atoms with Crippen LogP contribution >= 0.6 is 0 Å². The molecule has 8 heteroatoms. The molecule has 0 unspecified atom stereocenters. The van der Waals surface area contributed by atoms with Gasteiger partial charge in [-0.25, -0.2) is 0 Å². The first-order valence-corrected chi connectivity index (χ1v) is 6.30. The summed E-state index contributed by atoms with van der Waals surface area (Å²) in [5, 5.41) is 10.8. The minimum atomic E-state index is -0.643. The molecule has 0 radical (unpaired) electrons. The number of benzene rings is 1. The fraction of sp³-hybridized carbons (Fsp3) is 0.143. The van der Waals surface area contributed by atoms with E-state index in [1.54, 1.807) is 6.92 Å². The van der Waals surface area contributed by atoms with Crippen LogP contribution in [-0.4, -0.2) is 16.7 Å². The van der Waals surface area contributed by atoms with Crippen molar-refractivity contribution in [3.63, 3.8) is 0 Å². The van der Waals surface area contributed by atoms with Gasteiger partial charge in [-0.2, -0.15) is 0 Å². The lowest BCUT2D eigenvalue weighted by molar-refractivity contribution is -0.385. The number of rotatable bonds is 3. The van der Waals surface area contributed by atoms with Gasteiger partial charge in [0.05, 0.1) is 22.3 Å². The molecule has 0 spiro atoms. The van der Waals surface area contributed by atoms with E-state index in [0.717, 1.165) is 0 Å². The lowest BCUT2D eigenvalue weighted by Crippen LogP contribution is -2.42. The van der Waals surface area contributed by atoms with Gasteiger partial charge in [0, 0.05) is 11.6 Å². The number of carbonyl (C=O) groups excluding carboxylic acids is 2. The summed E-state index contributed by atoms with van der Waals surface area (Å²) in [7, 11) is 0. The SMILES string of the molecule is Cc1occc1C(=O)NNC(=O)c1cccc([N+](=O)[O-])c1C. The van der Waals surface area contributed by atoms with Crippen LogP contribution in [0.2, 0.25) is 0 Å². The quantitative estimate of drug-likeness (QED) is 0.663. The van der Waals surface area contributed by atoms with Gasteiger partial charge in [0.25, 0.3) is 17.5 Å². The number of carbonyl (C=O) groups is 2. The molecule has 0 atom stereocenters. The van der Waals surface area contributed by atoms with E-state index in [2.05, 4.69) is 10.9 Å². The van der Waals surface area contributed by atoms with E-state index in [4.69, 9.17) is 4.42 Å². The fourth-order valence-electron chi connectivity index (χ4n) is 1.94. The highest BCUT2D eigenvalue weighted by atomic mass is 16.6. The van der Waals surface area contributed by atoms with Crippen LogP contribution in [0.25, 0.3) is 0 Å². The molecule has 1 aromatic carbocycles. The molecule has 0 fully saturated rings. The molecule has 22 heavy (non-hydrogen) atoms. The van der Waals surface area contributed by atoms with Crippen molar-refractivity contribution in [3.8, 4) is 0 Å². The zero-order chi connectivity index (χ0) is 16.3. The standard InChI is InChI=1S/C14H13N3O5/c1-8-10(4-3-5-12(8)17(20)21)13(18)15-16-14(19)11-6-7-22-9(11)2/h3-7H,1-2H3,(H,15,18)(H,16,19). The van der Waals surface area contributed by atoms with E-state index < -0.39 is 16.7 Å². The molecular formula is C14H13N3O5. The van der Waals surface area contributed by atoms with E-state index >= 15 is 0 Å². The molecule has 1 aromatic heterocycles. The summed E-state index contributed by atoms with van der Waals surface area (Å²) >= 11 is 0. The van der Waals surface area contributed by atoms with Gasteiger partial charge < -0.3 is 4.42 Å². The molecule has 0 saturated carbocycles. The average molecular weight is 303 g/mol. The summed E-state index contributed by atoms with van der Waals surface area (Å²) in [6.07, 6.45) is 1.36. The Labute approximate surface area is 125 Å². The predicted molar refractivity (Wildman–Crippen MR) is 76.2 cm³/mol. The minimum absolute atomic E-state index is 0.110. The highest BCUT2D eigenvalue weighted by Gasteiger charge is 2.19. The number of amides is 2. The van der Waals surface area contributed by atoms with Crippen LogP contribution < -0.4 is 10.9 Å². The Bertz CT molecular complexity index is 751. The maximum absolute atomic E-state index is 12.0. The fourth-order valence-corrected chi connectivity index (χ4v) is 1.94. The largest absolute Gasteiger partial charge is 0.469 e. The topological polar surface area (TPSA) is 114 Å². The van der Waals surface area contributed by atoms with E-state index in [0.29, 0.717) is 5.76 Å². The molecule has 2 amide bonds. The number of aryl methyl sites for hydroxylation is 1. The average Bonchev–Trinajstić information content (AvgIpc) is 2.90. The third-order valence-electron chi connectivity index (χ3n) is 3.14. The van der Waals surface area contributed by atoms with E-state index in [9.17, 15) is 19.7 Å². The molecule has 0 aliphatic heterocycles. The maximum Gasteiger partial charge on any atom is 0.273 e. The van der Waals surface area contributed by atoms with Crippen molar-refractivity contribution in [2.45, 2.75) is 13.8 Å². The third kappa shape index (κ3) is 2.95. The van der Waals surface area contributed by atoms with E-state index in [1.165, 1.54) is 37.5 Å². The number of nitrogens with one attached hydrogen (secondary N) is 2. The van der Waals surface area contributed by atoms with Gasteiger partial charge in [-0.3, -0.25) is 30.6 Å². The van der Waals surface area contributed by atoms with E-state index in [1.807, 2.05) is 0 Å². The second kappa shape index (κ2) is 6.08. The molecule has 0 bridgehead atoms. The monoisotopic (exact) mass is 303 g/mol. The Morgan fingerprint density at radius 1 is 1.09 bits per heavy atom. The molecule has 1 heterocycles. The first kappa shape index (κ1) is 15.2. The van der Waals surface area contributed by atoms with Gasteiger partial charge >= 0.3 is 0 Å².